The average Bonchev–Trinajstić information content (AvgIpc) is 3.28. The molecule has 0 saturated heterocycles. The Morgan fingerprint density at radius 2 is 0.632 bits per heavy atom. The number of esters is 2. The largest absolute Gasteiger partial charge is 0.496 e. The van der Waals surface area contributed by atoms with Crippen molar-refractivity contribution in [3.8, 4) is 45.6 Å². The van der Waals surface area contributed by atoms with Crippen LogP contribution in [0.5, 0.6) is 34.5 Å². The van der Waals surface area contributed by atoms with Gasteiger partial charge in [0.25, 0.3) is 0 Å². The number of benzene rings is 6. The summed E-state index contributed by atoms with van der Waals surface area (Å²) < 4.78 is 46.9. The van der Waals surface area contributed by atoms with Crippen LogP contribution in [0.15, 0.2) is 72.8 Å². The lowest BCUT2D eigenvalue weighted by atomic mass is 10.0. The van der Waals surface area contributed by atoms with Gasteiger partial charge in [-0.15, -0.1) is 0 Å². The quantitative estimate of drug-likeness (QED) is 0.0648. The van der Waals surface area contributed by atoms with Crippen LogP contribution >= 0.6 is 39.0 Å². The van der Waals surface area contributed by atoms with Gasteiger partial charge in [-0.1, -0.05) is 35.3 Å². The molecule has 358 valence electrons. The van der Waals surface area contributed by atoms with Gasteiger partial charge in [-0.2, -0.15) is 0 Å². The Balaban J connectivity index is 1.89. The van der Waals surface area contributed by atoms with Crippen LogP contribution in [0.25, 0.3) is 11.1 Å². The third kappa shape index (κ3) is 10.5. The highest BCUT2D eigenvalue weighted by molar-refractivity contribution is 7.80. The van der Waals surface area contributed by atoms with Crippen LogP contribution < -0.4 is 60.2 Å². The molecule has 10 nitrogen and oxygen atoms in total. The van der Waals surface area contributed by atoms with Gasteiger partial charge in [0, 0.05) is 11.1 Å². The van der Waals surface area contributed by atoms with Crippen molar-refractivity contribution in [3.05, 3.63) is 127 Å². The highest BCUT2D eigenvalue weighted by atomic mass is 35.5. The fraction of sp³-hybridized carbons (Fsp3) is 0.296. The number of carbonyl (C=O) groups is 2. The predicted molar refractivity (Wildman–Crippen MR) is 278 cm³/mol. The summed E-state index contributed by atoms with van der Waals surface area (Å²) in [6.07, 6.45) is 0. The molecule has 0 aliphatic rings. The van der Waals surface area contributed by atoms with E-state index in [0.29, 0.717) is 11.1 Å². The van der Waals surface area contributed by atoms with Crippen LogP contribution in [0, 0.1) is 55.4 Å². The second-order valence-corrected chi connectivity index (χ2v) is 21.6. The zero-order valence-electron chi connectivity index (χ0n) is 41.1. The number of halogens is 2. The minimum absolute atomic E-state index is 0.191. The summed E-state index contributed by atoms with van der Waals surface area (Å²) in [7, 11) is 6.17. The smallest absolute Gasteiger partial charge is 0.343 e. The monoisotopic (exact) mass is 998 g/mol. The van der Waals surface area contributed by atoms with Gasteiger partial charge in [0.1, 0.15) is 34.5 Å². The Morgan fingerprint density at radius 1 is 0.397 bits per heavy atom. The molecule has 0 atom stereocenters. The summed E-state index contributed by atoms with van der Waals surface area (Å²) in [5, 5.41) is 5.99. The zero-order valence-corrected chi connectivity index (χ0v) is 44.4. The van der Waals surface area contributed by atoms with Crippen molar-refractivity contribution in [2.45, 2.75) is 55.4 Å². The maximum atomic E-state index is 13.1. The van der Waals surface area contributed by atoms with Crippen molar-refractivity contribution in [2.75, 3.05) is 55.9 Å². The van der Waals surface area contributed by atoms with Crippen LogP contribution in [0.4, 0.5) is 0 Å². The third-order valence-electron chi connectivity index (χ3n) is 11.7. The zero-order chi connectivity index (χ0) is 49.7. The van der Waals surface area contributed by atoms with Gasteiger partial charge in [0.15, 0.2) is 13.2 Å². The molecule has 68 heavy (non-hydrogen) atoms. The van der Waals surface area contributed by atoms with Gasteiger partial charge in [-0.05, 0) is 208 Å². The summed E-state index contributed by atoms with van der Waals surface area (Å²) in [6, 6.07) is 24.7. The number of methoxy groups -OCH3 is 6. The summed E-state index contributed by atoms with van der Waals surface area (Å²) in [5.74, 6) is 2.26. The number of hydrogen-bond acceptors (Lipinski definition) is 10. The molecule has 0 bridgehead atoms. The van der Waals surface area contributed by atoms with Gasteiger partial charge < -0.3 is 37.9 Å². The van der Waals surface area contributed by atoms with Gasteiger partial charge in [0.05, 0.1) is 52.7 Å². The Morgan fingerprint density at radius 3 is 0.838 bits per heavy atom. The van der Waals surface area contributed by atoms with Crippen molar-refractivity contribution in [1.82, 2.24) is 0 Å². The van der Waals surface area contributed by atoms with Crippen LogP contribution in [-0.4, -0.2) is 67.8 Å². The first-order valence-corrected chi connectivity index (χ1v) is 25.1. The molecule has 0 aromatic heterocycles. The molecule has 0 aliphatic carbocycles. The minimum atomic E-state index is -1.55. The molecule has 6 aromatic carbocycles. The molecule has 0 heterocycles. The Kier molecular flexibility index (Phi) is 17.0. The molecule has 0 fully saturated rings. The summed E-state index contributed by atoms with van der Waals surface area (Å²) >= 11 is 14.7. The van der Waals surface area contributed by atoms with E-state index in [1.165, 1.54) is 14.2 Å². The first kappa shape index (κ1) is 51.9. The topological polar surface area (TPSA) is 108 Å². The molecule has 14 heteroatoms. The fourth-order valence-corrected chi connectivity index (χ4v) is 15.0. The van der Waals surface area contributed by atoms with Crippen LogP contribution in [0.2, 0.25) is 10.0 Å². The van der Waals surface area contributed by atoms with E-state index >= 15 is 0 Å². The first-order valence-electron chi connectivity index (χ1n) is 21.7. The van der Waals surface area contributed by atoms with E-state index in [9.17, 15) is 9.59 Å². The molecule has 0 saturated carbocycles. The third-order valence-corrected chi connectivity index (χ3v) is 17.1. The van der Waals surface area contributed by atoms with Crippen molar-refractivity contribution in [1.29, 1.82) is 0 Å². The van der Waals surface area contributed by atoms with E-state index in [1.807, 2.05) is 67.5 Å². The SMILES string of the molecule is COC(=O)COc1c(Cl)ccc(P(c2cc(C)c(OC)c(C)c2)c2cc(C)c(OC)c(C)c2)c1-c1c(P(c2cc(C)c(OC)c(C)c2)c2cc(C)c(OC)c(C)c2)ccc(Cl)c1OCC(=O)OC. The van der Waals surface area contributed by atoms with Gasteiger partial charge in [-0.25, -0.2) is 9.59 Å². The molecule has 0 unspecified atom stereocenters. The fourth-order valence-electron chi connectivity index (χ4n) is 8.98. The highest BCUT2D eigenvalue weighted by Gasteiger charge is 2.34. The number of aryl methyl sites for hydroxylation is 8. The van der Waals surface area contributed by atoms with E-state index < -0.39 is 41.0 Å². The number of carbonyl (C=O) groups excluding carboxylic acids is 2. The maximum Gasteiger partial charge on any atom is 0.343 e. The molecule has 0 radical (unpaired) electrons. The van der Waals surface area contributed by atoms with E-state index in [-0.39, 0.29) is 21.5 Å². The van der Waals surface area contributed by atoms with Crippen LogP contribution in [0.1, 0.15) is 44.5 Å². The first-order chi connectivity index (χ1) is 32.4. The predicted octanol–water partition coefficient (Wildman–Crippen LogP) is 9.78. The lowest BCUT2D eigenvalue weighted by Gasteiger charge is -2.31. The molecule has 0 N–H and O–H groups in total. The Bertz CT molecular complexity index is 2490. The molecular weight excluding hydrogens is 941 g/mol. The van der Waals surface area contributed by atoms with Crippen molar-refractivity contribution < 1.29 is 47.5 Å². The summed E-state index contributed by atoms with van der Waals surface area (Å²) in [6.45, 7) is 15.3. The normalized spacial score (nSPS) is 11.1. The molecular formula is C54H58Cl2O10P2. The molecule has 6 rings (SSSR count). The van der Waals surface area contributed by atoms with E-state index in [4.69, 9.17) is 61.1 Å². The van der Waals surface area contributed by atoms with E-state index in [2.05, 4.69) is 48.5 Å². The number of ether oxygens (including phenoxy) is 8. The summed E-state index contributed by atoms with van der Waals surface area (Å²) in [4.78, 5) is 26.1. The van der Waals surface area contributed by atoms with E-state index in [0.717, 1.165) is 99.3 Å². The Hall–Kier alpha value is -5.50. The van der Waals surface area contributed by atoms with E-state index in [1.54, 1.807) is 40.6 Å². The lowest BCUT2D eigenvalue weighted by Crippen LogP contribution is -2.28. The minimum Gasteiger partial charge on any atom is -0.496 e. The molecule has 0 amide bonds. The molecule has 0 aliphatic heterocycles. The Labute approximate surface area is 412 Å². The van der Waals surface area contributed by atoms with Crippen molar-refractivity contribution >= 4 is 82.8 Å². The van der Waals surface area contributed by atoms with Gasteiger partial charge in [-0.3, -0.25) is 0 Å². The average molecular weight is 1000 g/mol. The van der Waals surface area contributed by atoms with Crippen LogP contribution in [0.3, 0.4) is 0 Å². The standard InChI is InChI=1S/C54H58Cl2O10P2/c1-29-19-37(20-30(2)49(29)61-11)67(38-21-31(3)50(62-12)32(4)22-38)43-17-15-41(55)53(65-27-45(57)59-9)47(43)48-44(18-16-42(56)54(48)66-28-46(58)60-10)68(39-23-33(5)51(63-13)34(6)24-39)40-25-35(7)52(64-14)36(8)26-40/h15-26H,27-28H2,1-14H3. The number of hydrogen-bond donors (Lipinski definition) is 0. The summed E-state index contributed by atoms with van der Waals surface area (Å²) in [5.41, 5.74) is 8.57. The number of rotatable bonds is 17. The lowest BCUT2D eigenvalue weighted by molar-refractivity contribution is -0.143. The second-order valence-electron chi connectivity index (χ2n) is 16.4. The van der Waals surface area contributed by atoms with Gasteiger partial charge in [0.2, 0.25) is 0 Å². The second kappa shape index (κ2) is 22.3. The highest BCUT2D eigenvalue weighted by Crippen LogP contribution is 2.52. The van der Waals surface area contributed by atoms with Crippen LogP contribution in [-0.2, 0) is 19.1 Å². The van der Waals surface area contributed by atoms with Crippen molar-refractivity contribution in [3.63, 3.8) is 0 Å². The van der Waals surface area contributed by atoms with Gasteiger partial charge >= 0.3 is 11.9 Å². The van der Waals surface area contributed by atoms with Crippen molar-refractivity contribution in [2.24, 2.45) is 0 Å². The molecule has 0 spiro atoms. The molecule has 6 aromatic rings. The maximum absolute atomic E-state index is 13.1.